The quantitative estimate of drug-likeness (QED) is 0.0335. The first kappa shape index (κ1) is 102. The third-order valence-corrected chi connectivity index (χ3v) is 26.3. The van der Waals surface area contributed by atoms with Gasteiger partial charge in [0.15, 0.2) is 0 Å². The third-order valence-electron chi connectivity index (χ3n) is 26.3. The van der Waals surface area contributed by atoms with E-state index >= 15 is 0 Å². The van der Waals surface area contributed by atoms with E-state index in [2.05, 4.69) is 11.8 Å². The smallest absolute Gasteiger partial charge is 0.147 e. The topological polar surface area (TPSA) is 280 Å². The molecule has 0 aliphatic carbocycles. The van der Waals surface area contributed by atoms with Crippen LogP contribution in [-0.4, -0.2) is 171 Å². The summed E-state index contributed by atoms with van der Waals surface area (Å²) in [6.45, 7) is 4.95. The third kappa shape index (κ3) is 27.8. The lowest BCUT2D eigenvalue weighted by atomic mass is 9.91. The Morgan fingerprint density at radius 2 is 0.418 bits per heavy atom. The first-order chi connectivity index (χ1) is 71.9. The molecule has 0 radical (unpaired) electrons. The van der Waals surface area contributed by atoms with Crippen LogP contribution in [0.1, 0.15) is 116 Å². The van der Waals surface area contributed by atoms with Gasteiger partial charge in [0.05, 0.1) is 124 Å². The summed E-state index contributed by atoms with van der Waals surface area (Å²) in [5.41, 5.74) is 10.8. The van der Waals surface area contributed by atoms with Crippen LogP contribution in [0, 0.1) is 11.8 Å². The standard InChI is InChI=1S/C119H123N9O18/c1-119(2,130)64-63-99-107(131-72-84-39-15-3-16-40-84)115(139-80-92-55-31-11-32-56-92)108(132-73-85-41-17-4-18-42-85)100(143-99)68-126-65-96(120-123-126)104-112(136-77-89-49-25-8-26-50-89)116(140-81-93-57-33-12-34-58-93)109(133-74-86-43-19-5-20-44-86)101(144-104)69-127-66-97(121-124-127)105-113(137-78-90-51-27-9-28-52-90)117(141-82-94-59-35-13-36-60-94)110(134-75-87-45-21-6-22-46-87)102(145-105)70-128-67-98(122-125-128)106-114(138-79-91-53-29-10-30-54-91)118(142-83-95-61-37-14-38-62-95)111(103(71-129)146-106)135-76-88-47-23-7-24-48-88/h3-62,65-67,99-118,129-130H,68-83H2,1-2H3/t99-,100-,101-,102-,103-,104-,105-,106-,107-,108-,109-,110-,111-,112-,113-,114-,115-,116+,117+,118+/m1/s1. The molecule has 0 bridgehead atoms. The van der Waals surface area contributed by atoms with E-state index in [-0.39, 0.29) is 98.9 Å². The number of aliphatic hydroxyl groups is 2. The van der Waals surface area contributed by atoms with Crippen molar-refractivity contribution in [3.8, 4) is 11.8 Å². The zero-order chi connectivity index (χ0) is 99.3. The van der Waals surface area contributed by atoms with Gasteiger partial charge >= 0.3 is 0 Å². The fourth-order valence-corrected chi connectivity index (χ4v) is 19.0. The van der Waals surface area contributed by atoms with E-state index in [4.69, 9.17) is 107 Å². The van der Waals surface area contributed by atoms with E-state index in [9.17, 15) is 10.2 Å². The minimum absolute atomic E-state index is 0.00758. The SMILES string of the molecule is CC(C)(O)C#C[C@H]1O[C@H](Cn2cc([C@H]3O[C@H](Cn4cc([C@H]5O[C@H](Cn6cc([C@H]7O[C@H](CO)[C@@H](OCc8ccccc8)[C@H](OCc8ccccc8)[C@@H]7OCc7ccccc7)nn6)[C@@H](OCc6ccccc6)[C@H](OCc6ccccc6)[C@@H]5OCc5ccccc5)nn4)[C@@H](OCc4ccccc4)[C@H](OCc4ccccc4)[C@@H]3OCc3ccccc3)nn2)[C@@H](OCc2ccccc2)[C@H](OCc2ccccc2)[C@@H]1OCc1ccccc1. The lowest BCUT2D eigenvalue weighted by molar-refractivity contribution is -0.273. The van der Waals surface area contributed by atoms with Gasteiger partial charge in [-0.15, -0.1) is 15.3 Å². The minimum Gasteiger partial charge on any atom is -0.394 e. The molecule has 146 heavy (non-hydrogen) atoms. The predicted octanol–water partition coefficient (Wildman–Crippen LogP) is 17.7. The van der Waals surface area contributed by atoms with Gasteiger partial charge in [-0.05, 0) is 80.6 Å². The van der Waals surface area contributed by atoms with E-state index < -0.39 is 134 Å². The lowest BCUT2D eigenvalue weighted by Gasteiger charge is -2.46. The number of hydrogen-bond donors (Lipinski definition) is 2. The van der Waals surface area contributed by atoms with Crippen molar-refractivity contribution >= 4 is 0 Å². The van der Waals surface area contributed by atoms with Crippen molar-refractivity contribution in [3.63, 3.8) is 0 Å². The minimum atomic E-state index is -1.42. The Bertz CT molecular complexity index is 6420. The van der Waals surface area contributed by atoms with Crippen molar-refractivity contribution < 1.29 is 86.0 Å². The molecule has 0 spiro atoms. The normalized spacial score (nSPS) is 24.2. The highest BCUT2D eigenvalue weighted by molar-refractivity contribution is 5.27. The van der Waals surface area contributed by atoms with Crippen molar-refractivity contribution in [1.82, 2.24) is 45.0 Å². The molecular weight excluding hydrogens is 1840 g/mol. The van der Waals surface area contributed by atoms with Gasteiger partial charge in [-0.25, -0.2) is 14.0 Å². The van der Waals surface area contributed by atoms with Crippen LogP contribution in [0.15, 0.2) is 383 Å². The molecule has 27 heteroatoms. The van der Waals surface area contributed by atoms with E-state index in [1.807, 2.05) is 383 Å². The first-order valence-electron chi connectivity index (χ1n) is 50.0. The molecule has 19 rings (SSSR count). The Hall–Kier alpha value is -13.1. The van der Waals surface area contributed by atoms with E-state index in [0.29, 0.717) is 17.1 Å². The molecule has 12 aromatic carbocycles. The fraction of sp³-hybridized carbons (Fsp3) is 0.328. The first-order valence-corrected chi connectivity index (χ1v) is 50.0. The molecule has 7 heterocycles. The van der Waals surface area contributed by atoms with Crippen molar-refractivity contribution in [2.75, 3.05) is 6.61 Å². The Kier molecular flexibility index (Phi) is 35.7. The van der Waals surface area contributed by atoms with E-state index in [0.717, 1.165) is 66.8 Å². The average molecular weight is 1970 g/mol. The molecule has 0 amide bonds. The van der Waals surface area contributed by atoms with Gasteiger partial charge in [0.1, 0.15) is 145 Å². The van der Waals surface area contributed by atoms with E-state index in [1.54, 1.807) is 27.9 Å². The molecule has 4 fully saturated rings. The lowest BCUT2D eigenvalue weighted by Crippen LogP contribution is -2.60. The Labute approximate surface area is 851 Å². The Morgan fingerprint density at radius 1 is 0.240 bits per heavy atom. The van der Waals surface area contributed by atoms with Crippen LogP contribution in [0.3, 0.4) is 0 Å². The highest BCUT2D eigenvalue weighted by atomic mass is 16.6. The molecular formula is C119H123N9O18. The molecule has 752 valence electrons. The van der Waals surface area contributed by atoms with Crippen molar-refractivity contribution in [3.05, 3.63) is 466 Å². The summed E-state index contributed by atoms with van der Waals surface area (Å²) in [4.78, 5) is 0. The number of nitrogens with zero attached hydrogens (tertiary/aromatic N) is 9. The number of ether oxygens (including phenoxy) is 16. The van der Waals surface area contributed by atoms with Crippen LogP contribution in [0.25, 0.3) is 0 Å². The van der Waals surface area contributed by atoms with Gasteiger partial charge in [-0.3, -0.25) is 0 Å². The largest absolute Gasteiger partial charge is 0.394 e. The number of benzene rings is 12. The Morgan fingerprint density at radius 3 is 0.630 bits per heavy atom. The molecule has 27 nitrogen and oxygen atoms in total. The second-order valence-electron chi connectivity index (χ2n) is 37.6. The number of aliphatic hydroxyl groups excluding tert-OH is 1. The molecule has 0 unspecified atom stereocenters. The number of aromatic nitrogens is 9. The molecule has 3 aromatic heterocycles. The van der Waals surface area contributed by atoms with Gasteiger partial charge in [0.2, 0.25) is 0 Å². The zero-order valence-electron chi connectivity index (χ0n) is 81.7. The molecule has 0 saturated carbocycles. The Balaban J connectivity index is 0.695. The number of hydrogen-bond acceptors (Lipinski definition) is 24. The molecule has 4 aliphatic heterocycles. The highest BCUT2D eigenvalue weighted by Gasteiger charge is 2.55. The summed E-state index contributed by atoms with van der Waals surface area (Å²) in [7, 11) is 0. The van der Waals surface area contributed by atoms with Gasteiger partial charge < -0.3 is 86.0 Å². The molecule has 4 saturated heterocycles. The van der Waals surface area contributed by atoms with Gasteiger partial charge in [-0.2, -0.15) is 0 Å². The molecule has 2 N–H and O–H groups in total. The maximum absolute atomic E-state index is 11.6. The maximum Gasteiger partial charge on any atom is 0.147 e. The summed E-state index contributed by atoms with van der Waals surface area (Å²) in [6.07, 6.45) is -12.6. The van der Waals surface area contributed by atoms with Crippen LogP contribution >= 0.6 is 0 Å². The van der Waals surface area contributed by atoms with Crippen LogP contribution < -0.4 is 0 Å². The summed E-state index contributed by atoms with van der Waals surface area (Å²) < 4.78 is 122. The maximum atomic E-state index is 11.6. The van der Waals surface area contributed by atoms with Crippen LogP contribution in [0.5, 0.6) is 0 Å². The zero-order valence-corrected chi connectivity index (χ0v) is 81.7. The monoisotopic (exact) mass is 1970 g/mol. The summed E-state index contributed by atoms with van der Waals surface area (Å²) in [5.74, 6) is 6.38. The van der Waals surface area contributed by atoms with Gasteiger partial charge in [0, 0.05) is 0 Å². The second-order valence-corrected chi connectivity index (χ2v) is 37.6. The van der Waals surface area contributed by atoms with Gasteiger partial charge in [0.25, 0.3) is 0 Å². The molecule has 20 atom stereocenters. The average Bonchev–Trinajstić information content (AvgIpc) is 1.63. The molecule has 15 aromatic rings. The number of rotatable bonds is 46. The second kappa shape index (κ2) is 51.3. The highest BCUT2D eigenvalue weighted by Crippen LogP contribution is 2.44. The van der Waals surface area contributed by atoms with E-state index in [1.165, 1.54) is 0 Å². The fourth-order valence-electron chi connectivity index (χ4n) is 19.0. The molecule has 4 aliphatic rings. The van der Waals surface area contributed by atoms with Crippen molar-refractivity contribution in [2.45, 2.75) is 240 Å². The van der Waals surface area contributed by atoms with Crippen LogP contribution in [0.2, 0.25) is 0 Å². The van der Waals surface area contributed by atoms with Crippen LogP contribution in [-0.2, 0) is 175 Å². The van der Waals surface area contributed by atoms with Crippen molar-refractivity contribution in [1.29, 1.82) is 0 Å². The summed E-state index contributed by atoms with van der Waals surface area (Å²) in [5, 5.41) is 53.1. The van der Waals surface area contributed by atoms with Crippen LogP contribution in [0.4, 0.5) is 0 Å². The van der Waals surface area contributed by atoms with Crippen molar-refractivity contribution in [2.24, 2.45) is 0 Å². The van der Waals surface area contributed by atoms with Gasteiger partial charge in [-0.1, -0.05) is 391 Å². The predicted molar refractivity (Wildman–Crippen MR) is 543 cm³/mol. The summed E-state index contributed by atoms with van der Waals surface area (Å²) in [6, 6.07) is 119. The summed E-state index contributed by atoms with van der Waals surface area (Å²) >= 11 is 0.